The maximum absolute atomic E-state index is 13.7. The molecule has 4 rings (SSSR count). The summed E-state index contributed by atoms with van der Waals surface area (Å²) in [5.41, 5.74) is 2.20. The molecule has 0 bridgehead atoms. The minimum atomic E-state index is -3.78. The van der Waals surface area contributed by atoms with Crippen molar-refractivity contribution in [3.63, 3.8) is 0 Å². The van der Waals surface area contributed by atoms with E-state index >= 15 is 0 Å². The van der Waals surface area contributed by atoms with Gasteiger partial charge in [-0.25, -0.2) is 9.40 Å². The predicted octanol–water partition coefficient (Wildman–Crippen LogP) is 3.86. The van der Waals surface area contributed by atoms with E-state index < -0.39 is 15.8 Å². The number of ether oxygens (including phenoxy) is 1. The van der Waals surface area contributed by atoms with Crippen molar-refractivity contribution < 1.29 is 17.5 Å². The number of hydrazone groups is 1. The summed E-state index contributed by atoms with van der Waals surface area (Å²) in [7, 11) is -2.39. The second-order valence-electron chi connectivity index (χ2n) is 6.88. The molecular weight excluding hydrogens is 417 g/mol. The zero-order valence-electron chi connectivity index (χ0n) is 16.8. The lowest BCUT2D eigenvalue weighted by Crippen LogP contribution is -2.28. The lowest BCUT2D eigenvalue weighted by Gasteiger charge is -2.19. The largest absolute Gasteiger partial charge is 0.494 e. The molecule has 0 unspecified atom stereocenters. The molecule has 0 fully saturated rings. The molecule has 6 nitrogen and oxygen atoms in total. The van der Waals surface area contributed by atoms with E-state index in [-0.39, 0.29) is 16.5 Å². The number of halogens is 1. The summed E-state index contributed by atoms with van der Waals surface area (Å²) in [6.07, 6.45) is 2.16. The highest BCUT2D eigenvalue weighted by Crippen LogP contribution is 2.28. The van der Waals surface area contributed by atoms with E-state index in [1.807, 2.05) is 30.3 Å². The van der Waals surface area contributed by atoms with Crippen molar-refractivity contribution in [3.05, 3.63) is 95.3 Å². The molecule has 8 heteroatoms. The molecule has 0 saturated carbocycles. The van der Waals surface area contributed by atoms with Crippen molar-refractivity contribution in [2.45, 2.75) is 11.3 Å². The summed E-state index contributed by atoms with van der Waals surface area (Å²) < 4.78 is 47.7. The lowest BCUT2D eigenvalue weighted by atomic mass is 10.1. The van der Waals surface area contributed by atoms with E-state index in [9.17, 15) is 12.8 Å². The maximum atomic E-state index is 13.7. The zero-order chi connectivity index (χ0) is 21.8. The van der Waals surface area contributed by atoms with Crippen LogP contribution in [0.1, 0.15) is 16.7 Å². The Morgan fingerprint density at radius 1 is 1.06 bits per heavy atom. The Kier molecular flexibility index (Phi) is 5.81. The minimum absolute atomic E-state index is 0.103. The van der Waals surface area contributed by atoms with Crippen LogP contribution in [0.2, 0.25) is 0 Å². The van der Waals surface area contributed by atoms with Crippen LogP contribution >= 0.6 is 0 Å². The number of amidine groups is 1. The summed E-state index contributed by atoms with van der Waals surface area (Å²) in [6.45, 7) is 0.404. The van der Waals surface area contributed by atoms with Crippen LogP contribution in [0.3, 0.4) is 0 Å². The molecule has 0 radical (unpaired) electrons. The van der Waals surface area contributed by atoms with Gasteiger partial charge in [-0.15, -0.1) is 4.40 Å². The van der Waals surface area contributed by atoms with Crippen molar-refractivity contribution in [3.8, 4) is 5.75 Å². The molecule has 158 valence electrons. The van der Waals surface area contributed by atoms with Gasteiger partial charge in [0.15, 0.2) is 17.4 Å². The van der Waals surface area contributed by atoms with Gasteiger partial charge in [0.05, 0.1) is 13.3 Å². The van der Waals surface area contributed by atoms with Crippen LogP contribution in [0.15, 0.2) is 87.2 Å². The first-order chi connectivity index (χ1) is 15.0. The van der Waals surface area contributed by atoms with E-state index in [2.05, 4.69) is 9.50 Å². The van der Waals surface area contributed by atoms with Gasteiger partial charge in [-0.3, -0.25) is 0 Å². The van der Waals surface area contributed by atoms with Crippen LogP contribution in [-0.4, -0.2) is 39.1 Å². The molecule has 1 aliphatic rings. The Morgan fingerprint density at radius 2 is 1.81 bits per heavy atom. The molecule has 3 aromatic carbocycles. The molecule has 0 N–H and O–H groups in total. The van der Waals surface area contributed by atoms with Crippen LogP contribution < -0.4 is 4.74 Å². The van der Waals surface area contributed by atoms with Crippen LogP contribution in [0.5, 0.6) is 5.75 Å². The molecule has 0 aliphatic carbocycles. The third-order valence-corrected chi connectivity index (χ3v) is 6.16. The Balaban J connectivity index is 1.68. The van der Waals surface area contributed by atoms with Gasteiger partial charge in [0.25, 0.3) is 10.0 Å². The van der Waals surface area contributed by atoms with Gasteiger partial charge in [-0.05, 0) is 41.8 Å². The standard InChI is InChI=1S/C23H20FN3O3S/c1-30-21-15-18(11-12-20(21)24)16-25-27(14-13-17-7-3-2-4-8-17)23-19-9-5-6-10-22(19)31(28,29)26-23/h2-12,15-16H,13-14H2,1H3/b25-16+. The molecule has 31 heavy (non-hydrogen) atoms. The second kappa shape index (κ2) is 8.69. The average Bonchev–Trinajstić information content (AvgIpc) is 3.06. The van der Waals surface area contributed by atoms with Gasteiger partial charge in [0.1, 0.15) is 4.90 Å². The summed E-state index contributed by atoms with van der Waals surface area (Å²) in [6, 6.07) is 20.9. The van der Waals surface area contributed by atoms with Gasteiger partial charge in [-0.1, -0.05) is 48.5 Å². The normalized spacial score (nSPS) is 14.3. The van der Waals surface area contributed by atoms with E-state index in [1.54, 1.807) is 29.3 Å². The van der Waals surface area contributed by atoms with E-state index in [0.29, 0.717) is 24.1 Å². The summed E-state index contributed by atoms with van der Waals surface area (Å²) >= 11 is 0. The number of benzene rings is 3. The molecular formula is C23H20FN3O3S. The first-order valence-corrected chi connectivity index (χ1v) is 11.1. The quantitative estimate of drug-likeness (QED) is 0.434. The average molecular weight is 437 g/mol. The van der Waals surface area contributed by atoms with Gasteiger partial charge in [-0.2, -0.15) is 13.5 Å². The van der Waals surface area contributed by atoms with Gasteiger partial charge >= 0.3 is 0 Å². The molecule has 0 aromatic heterocycles. The number of hydrogen-bond acceptors (Lipinski definition) is 5. The van der Waals surface area contributed by atoms with E-state index in [4.69, 9.17) is 4.74 Å². The fourth-order valence-electron chi connectivity index (χ4n) is 3.27. The zero-order valence-corrected chi connectivity index (χ0v) is 17.6. The maximum Gasteiger partial charge on any atom is 0.285 e. The highest BCUT2D eigenvalue weighted by atomic mass is 32.2. The van der Waals surface area contributed by atoms with Crippen molar-refractivity contribution in [2.24, 2.45) is 9.50 Å². The van der Waals surface area contributed by atoms with E-state index in [1.165, 1.54) is 31.5 Å². The highest BCUT2D eigenvalue weighted by Gasteiger charge is 2.31. The number of sulfonamides is 1. The number of fused-ring (bicyclic) bond motifs is 1. The SMILES string of the molecule is COc1cc(/C=N/N(CCc2ccccc2)C2=NS(=O)(=O)c3ccccc32)ccc1F. The first kappa shape index (κ1) is 20.7. The van der Waals surface area contributed by atoms with Crippen LogP contribution in [0.4, 0.5) is 4.39 Å². The van der Waals surface area contributed by atoms with E-state index in [0.717, 1.165) is 5.56 Å². The minimum Gasteiger partial charge on any atom is -0.494 e. The fraction of sp³-hybridized carbons (Fsp3) is 0.130. The Morgan fingerprint density at radius 3 is 2.58 bits per heavy atom. The molecule has 0 spiro atoms. The molecule has 0 amide bonds. The topological polar surface area (TPSA) is 71.3 Å². The van der Waals surface area contributed by atoms with Crippen molar-refractivity contribution in [1.82, 2.24) is 5.01 Å². The van der Waals surface area contributed by atoms with Gasteiger partial charge in [0.2, 0.25) is 0 Å². The summed E-state index contributed by atoms with van der Waals surface area (Å²) in [5, 5.41) is 6.06. The monoisotopic (exact) mass is 437 g/mol. The second-order valence-corrected chi connectivity index (χ2v) is 8.46. The Labute approximate surface area is 180 Å². The molecule has 0 atom stereocenters. The smallest absolute Gasteiger partial charge is 0.285 e. The van der Waals surface area contributed by atoms with Gasteiger partial charge < -0.3 is 4.74 Å². The van der Waals surface area contributed by atoms with Crippen molar-refractivity contribution in [2.75, 3.05) is 13.7 Å². The van der Waals surface area contributed by atoms with Gasteiger partial charge in [0, 0.05) is 12.1 Å². The number of methoxy groups -OCH3 is 1. The number of nitrogens with zero attached hydrogens (tertiary/aromatic N) is 3. The van der Waals surface area contributed by atoms with Crippen molar-refractivity contribution in [1.29, 1.82) is 0 Å². The predicted molar refractivity (Wildman–Crippen MR) is 118 cm³/mol. The first-order valence-electron chi connectivity index (χ1n) is 9.61. The fourth-order valence-corrected chi connectivity index (χ4v) is 4.47. The van der Waals surface area contributed by atoms with Crippen molar-refractivity contribution >= 4 is 22.1 Å². The third kappa shape index (κ3) is 4.49. The summed E-state index contributed by atoms with van der Waals surface area (Å²) in [4.78, 5) is 0.161. The summed E-state index contributed by atoms with van der Waals surface area (Å²) in [5.74, 6) is -0.108. The Bertz CT molecular complexity index is 1260. The molecule has 1 heterocycles. The van der Waals surface area contributed by atoms with Crippen LogP contribution in [-0.2, 0) is 16.4 Å². The Hall–Kier alpha value is -3.52. The number of rotatable bonds is 6. The van der Waals surface area contributed by atoms with Crippen LogP contribution in [0.25, 0.3) is 0 Å². The molecule has 0 saturated heterocycles. The third-order valence-electron chi connectivity index (χ3n) is 4.83. The highest BCUT2D eigenvalue weighted by molar-refractivity contribution is 7.90. The molecule has 3 aromatic rings. The lowest BCUT2D eigenvalue weighted by molar-refractivity contribution is 0.386. The number of hydrogen-bond donors (Lipinski definition) is 0. The molecule has 1 aliphatic heterocycles. The van der Waals surface area contributed by atoms with Crippen LogP contribution in [0, 0.1) is 5.82 Å².